The van der Waals surface area contributed by atoms with E-state index in [4.69, 9.17) is 23.3 Å². The van der Waals surface area contributed by atoms with E-state index >= 15 is 0 Å². The summed E-state index contributed by atoms with van der Waals surface area (Å²) in [7, 11) is -4.67. The minimum atomic E-state index is -4.67. The van der Waals surface area contributed by atoms with Crippen LogP contribution in [0.25, 0.3) is 11.0 Å². The standard InChI is InChI=1S/C13H19N5OS.H2O4S/c1-20-6-9-4-18(5-10(9)19)3-8-2-15-12-11(8)16-7-17-13(12)14;1-5(2,3)4/h2,7,9-10,15,19H,3-6H2,1H3,(H2,14,16,17);(H2,1,2,3,4)/t9-,10+;/m1./s1. The van der Waals surface area contributed by atoms with Gasteiger partial charge in [-0.2, -0.15) is 20.2 Å². The van der Waals surface area contributed by atoms with Gasteiger partial charge in [0.1, 0.15) is 11.8 Å². The van der Waals surface area contributed by atoms with Gasteiger partial charge in [-0.05, 0) is 12.0 Å². The Kier molecular flexibility index (Phi) is 6.59. The molecule has 2 atom stereocenters. The average Bonchev–Trinajstić information content (AvgIpc) is 3.04. The summed E-state index contributed by atoms with van der Waals surface area (Å²) in [6.45, 7) is 2.42. The van der Waals surface area contributed by atoms with Crippen LogP contribution in [0.5, 0.6) is 0 Å². The molecular formula is C13H21N5O5S2. The van der Waals surface area contributed by atoms with Crippen LogP contribution in [-0.4, -0.2) is 73.7 Å². The number of nitrogens with one attached hydrogen (secondary N) is 1. The van der Waals surface area contributed by atoms with Crippen molar-refractivity contribution in [2.75, 3.05) is 30.8 Å². The summed E-state index contributed by atoms with van der Waals surface area (Å²) in [6, 6.07) is 0. The van der Waals surface area contributed by atoms with Gasteiger partial charge >= 0.3 is 10.4 Å². The highest BCUT2D eigenvalue weighted by Gasteiger charge is 2.31. The van der Waals surface area contributed by atoms with Crippen molar-refractivity contribution in [1.82, 2.24) is 19.9 Å². The first-order chi connectivity index (χ1) is 11.7. The first-order valence-corrected chi connectivity index (χ1v) is 10.1. The van der Waals surface area contributed by atoms with Gasteiger partial charge in [-0.3, -0.25) is 14.0 Å². The summed E-state index contributed by atoms with van der Waals surface area (Å²) < 4.78 is 31.6. The topological polar surface area (TPSA) is 166 Å². The second kappa shape index (κ2) is 8.29. The number of fused-ring (bicyclic) bond motifs is 1. The van der Waals surface area contributed by atoms with Crippen LogP contribution in [0.3, 0.4) is 0 Å². The van der Waals surface area contributed by atoms with Gasteiger partial charge in [0.15, 0.2) is 5.82 Å². The van der Waals surface area contributed by atoms with Crippen molar-refractivity contribution >= 4 is 39.0 Å². The molecule has 12 heteroatoms. The normalized spacial score (nSPS) is 21.3. The van der Waals surface area contributed by atoms with Crippen molar-refractivity contribution in [3.8, 4) is 0 Å². The molecule has 0 radical (unpaired) electrons. The lowest BCUT2D eigenvalue weighted by Gasteiger charge is -2.14. The van der Waals surface area contributed by atoms with Gasteiger partial charge < -0.3 is 15.8 Å². The molecule has 25 heavy (non-hydrogen) atoms. The molecular weight excluding hydrogens is 370 g/mol. The highest BCUT2D eigenvalue weighted by atomic mass is 32.3. The zero-order chi connectivity index (χ0) is 18.6. The molecule has 0 bridgehead atoms. The van der Waals surface area contributed by atoms with Gasteiger partial charge in [0.25, 0.3) is 0 Å². The minimum Gasteiger partial charge on any atom is -0.391 e. The molecule has 3 rings (SSSR count). The van der Waals surface area contributed by atoms with Gasteiger partial charge in [-0.25, -0.2) is 9.97 Å². The second-order valence-corrected chi connectivity index (χ2v) is 7.53. The van der Waals surface area contributed by atoms with E-state index in [1.807, 2.05) is 6.20 Å². The Labute approximate surface area is 149 Å². The van der Waals surface area contributed by atoms with Gasteiger partial charge in [0.2, 0.25) is 0 Å². The first-order valence-electron chi connectivity index (χ1n) is 7.34. The van der Waals surface area contributed by atoms with Crippen molar-refractivity contribution in [3.63, 3.8) is 0 Å². The fourth-order valence-corrected chi connectivity index (χ4v) is 3.58. The molecule has 3 heterocycles. The number of likely N-dealkylation sites (tertiary alicyclic amines) is 1. The van der Waals surface area contributed by atoms with Crippen LogP contribution in [0.1, 0.15) is 5.56 Å². The number of aliphatic hydroxyl groups is 1. The lowest BCUT2D eigenvalue weighted by molar-refractivity contribution is 0.149. The van der Waals surface area contributed by atoms with Gasteiger partial charge in [-0.1, -0.05) is 0 Å². The van der Waals surface area contributed by atoms with Crippen molar-refractivity contribution in [2.45, 2.75) is 12.6 Å². The molecule has 1 fully saturated rings. The smallest absolute Gasteiger partial charge is 0.391 e. The summed E-state index contributed by atoms with van der Waals surface area (Å²) in [6.07, 6.45) is 5.27. The van der Waals surface area contributed by atoms with Gasteiger partial charge in [-0.15, -0.1) is 0 Å². The molecule has 1 aliphatic heterocycles. The van der Waals surface area contributed by atoms with E-state index in [0.717, 1.165) is 42.0 Å². The molecule has 1 saturated heterocycles. The third-order valence-corrected chi connectivity index (χ3v) is 4.59. The van der Waals surface area contributed by atoms with E-state index in [0.29, 0.717) is 11.7 Å². The van der Waals surface area contributed by atoms with E-state index in [-0.39, 0.29) is 6.10 Å². The summed E-state index contributed by atoms with van der Waals surface area (Å²) in [5, 5.41) is 10.1. The van der Waals surface area contributed by atoms with Crippen molar-refractivity contribution in [2.24, 2.45) is 5.92 Å². The largest absolute Gasteiger partial charge is 0.394 e. The second-order valence-electron chi connectivity index (χ2n) is 5.72. The number of nitrogens with two attached hydrogens (primary N) is 1. The molecule has 2 aromatic rings. The highest BCUT2D eigenvalue weighted by Crippen LogP contribution is 2.25. The summed E-state index contributed by atoms with van der Waals surface area (Å²) in [5.41, 5.74) is 8.60. The zero-order valence-corrected chi connectivity index (χ0v) is 15.2. The number of thioether (sulfide) groups is 1. The SMILES string of the molecule is CSC[C@H]1CN(Cc2c[nH]c3c(N)ncnc23)C[C@@H]1O.O=S(=O)(O)O. The van der Waals surface area contributed by atoms with Crippen LogP contribution in [0, 0.1) is 5.92 Å². The number of anilines is 1. The molecule has 10 nitrogen and oxygen atoms in total. The molecule has 0 aliphatic carbocycles. The molecule has 0 saturated carbocycles. The number of aromatic amines is 1. The lowest BCUT2D eigenvalue weighted by atomic mass is 10.1. The number of nitrogen functional groups attached to an aromatic ring is 1. The third kappa shape index (κ3) is 5.80. The fourth-order valence-electron chi connectivity index (χ4n) is 2.82. The Morgan fingerprint density at radius 2 is 2.08 bits per heavy atom. The van der Waals surface area contributed by atoms with E-state index in [2.05, 4.69) is 26.1 Å². The number of nitrogens with zero attached hydrogens (tertiary/aromatic N) is 3. The number of aromatic nitrogens is 3. The van der Waals surface area contributed by atoms with Crippen molar-refractivity contribution in [1.29, 1.82) is 0 Å². The van der Waals surface area contributed by atoms with E-state index in [9.17, 15) is 5.11 Å². The minimum absolute atomic E-state index is 0.229. The van der Waals surface area contributed by atoms with E-state index < -0.39 is 10.4 Å². The maximum absolute atomic E-state index is 10.1. The van der Waals surface area contributed by atoms with Gasteiger partial charge in [0, 0.05) is 37.3 Å². The van der Waals surface area contributed by atoms with E-state index in [1.54, 1.807) is 11.8 Å². The number of H-pyrrole nitrogens is 1. The Balaban J connectivity index is 0.000000399. The van der Waals surface area contributed by atoms with Crippen molar-refractivity contribution < 1.29 is 22.6 Å². The quantitative estimate of drug-likeness (QED) is 0.449. The number of rotatable bonds is 4. The Hall–Kier alpha value is -1.44. The molecule has 2 aromatic heterocycles. The summed E-state index contributed by atoms with van der Waals surface area (Å²) in [5.74, 6) is 1.83. The molecule has 0 unspecified atom stereocenters. The summed E-state index contributed by atoms with van der Waals surface area (Å²) in [4.78, 5) is 13.7. The lowest BCUT2D eigenvalue weighted by Crippen LogP contribution is -2.21. The van der Waals surface area contributed by atoms with E-state index in [1.165, 1.54) is 6.33 Å². The highest BCUT2D eigenvalue weighted by molar-refractivity contribution is 7.98. The molecule has 0 aromatic carbocycles. The zero-order valence-electron chi connectivity index (χ0n) is 13.5. The van der Waals surface area contributed by atoms with Crippen LogP contribution in [0.4, 0.5) is 5.82 Å². The predicted molar refractivity (Wildman–Crippen MR) is 95.6 cm³/mol. The van der Waals surface area contributed by atoms with Gasteiger partial charge in [0.05, 0.1) is 11.6 Å². The molecule has 140 valence electrons. The van der Waals surface area contributed by atoms with Crippen LogP contribution in [0.2, 0.25) is 0 Å². The number of aliphatic hydroxyl groups excluding tert-OH is 1. The molecule has 1 aliphatic rings. The number of hydrogen-bond donors (Lipinski definition) is 5. The average molecular weight is 391 g/mol. The predicted octanol–water partition coefficient (Wildman–Crippen LogP) is 0.0430. The van der Waals surface area contributed by atoms with Crippen LogP contribution >= 0.6 is 11.8 Å². The fraction of sp³-hybridized carbons (Fsp3) is 0.538. The van der Waals surface area contributed by atoms with Crippen molar-refractivity contribution in [3.05, 3.63) is 18.1 Å². The Morgan fingerprint density at radius 1 is 1.40 bits per heavy atom. The maximum Gasteiger partial charge on any atom is 0.394 e. The van der Waals surface area contributed by atoms with Crippen LogP contribution < -0.4 is 5.73 Å². The van der Waals surface area contributed by atoms with Crippen LogP contribution in [-0.2, 0) is 16.9 Å². The monoisotopic (exact) mass is 391 g/mol. The molecule has 6 N–H and O–H groups in total. The Bertz CT molecular complexity index is 804. The van der Waals surface area contributed by atoms with Crippen LogP contribution in [0.15, 0.2) is 12.5 Å². The number of β-amino-alcohol motifs (C(OH)–C–C–N with tert-alkyl or cyclic N) is 1. The first kappa shape index (κ1) is 19.9. The molecule has 0 amide bonds. The molecule has 0 spiro atoms. The number of hydrogen-bond acceptors (Lipinski definition) is 8. The maximum atomic E-state index is 10.1. The third-order valence-electron chi connectivity index (χ3n) is 3.83. The summed E-state index contributed by atoms with van der Waals surface area (Å²) >= 11 is 1.79. The Morgan fingerprint density at radius 3 is 2.72 bits per heavy atom.